The lowest BCUT2D eigenvalue weighted by Gasteiger charge is -2.06. The van der Waals surface area contributed by atoms with Crippen LogP contribution < -0.4 is 0 Å². The van der Waals surface area contributed by atoms with Gasteiger partial charge in [0.2, 0.25) is 0 Å². The molecule has 0 aliphatic rings. The zero-order chi connectivity index (χ0) is 9.94. The second-order valence-corrected chi connectivity index (χ2v) is 3.36. The molecule has 78 valence electrons. The monoisotopic (exact) mass is 188 g/mol. The van der Waals surface area contributed by atoms with Crippen molar-refractivity contribution < 1.29 is 14.3 Å². The molecule has 3 nitrogen and oxygen atoms in total. The molecule has 3 heteroatoms. The Hall–Kier alpha value is -0.410. The van der Waals surface area contributed by atoms with E-state index in [1.54, 1.807) is 0 Å². The van der Waals surface area contributed by atoms with Crippen LogP contribution in [0.1, 0.15) is 26.7 Å². The van der Waals surface area contributed by atoms with Crippen LogP contribution >= 0.6 is 0 Å². The van der Waals surface area contributed by atoms with E-state index < -0.39 is 0 Å². The highest BCUT2D eigenvalue weighted by Crippen LogP contribution is 1.98. The molecule has 0 aliphatic heterocycles. The van der Waals surface area contributed by atoms with E-state index in [2.05, 4.69) is 13.8 Å². The molecular weight excluding hydrogens is 168 g/mol. The molecular formula is C10H20O3. The summed E-state index contributed by atoms with van der Waals surface area (Å²) >= 11 is 0. The van der Waals surface area contributed by atoms with E-state index in [0.717, 1.165) is 19.3 Å². The molecule has 13 heavy (non-hydrogen) atoms. The first-order chi connectivity index (χ1) is 6.27. The topological polar surface area (TPSA) is 35.5 Å². The summed E-state index contributed by atoms with van der Waals surface area (Å²) in [6.45, 7) is 6.87. The second kappa shape index (κ2) is 9.68. The van der Waals surface area contributed by atoms with Gasteiger partial charge in [-0.15, -0.1) is 0 Å². The van der Waals surface area contributed by atoms with Gasteiger partial charge in [0.15, 0.2) is 0 Å². The summed E-state index contributed by atoms with van der Waals surface area (Å²) < 4.78 is 10.4. The van der Waals surface area contributed by atoms with Crippen molar-refractivity contribution in [1.82, 2.24) is 0 Å². The first-order valence-corrected chi connectivity index (χ1v) is 4.86. The number of hydrogen-bond donors (Lipinski definition) is 0. The van der Waals surface area contributed by atoms with Crippen LogP contribution in [0, 0.1) is 5.92 Å². The molecule has 0 saturated carbocycles. The minimum absolute atomic E-state index is 0.478. The van der Waals surface area contributed by atoms with E-state index >= 15 is 0 Å². The number of aldehydes is 1. The highest BCUT2D eigenvalue weighted by atomic mass is 16.5. The zero-order valence-corrected chi connectivity index (χ0v) is 8.62. The van der Waals surface area contributed by atoms with Crippen LogP contribution in [0.3, 0.4) is 0 Å². The molecule has 0 aromatic carbocycles. The molecule has 0 aliphatic carbocycles. The molecule has 0 rings (SSSR count). The maximum absolute atomic E-state index is 9.90. The summed E-state index contributed by atoms with van der Waals surface area (Å²) in [6, 6.07) is 0. The number of hydrogen-bond acceptors (Lipinski definition) is 3. The Bertz CT molecular complexity index is 113. The van der Waals surface area contributed by atoms with Gasteiger partial charge in [0.1, 0.15) is 6.29 Å². The van der Waals surface area contributed by atoms with Crippen molar-refractivity contribution in [3.05, 3.63) is 0 Å². The zero-order valence-electron chi connectivity index (χ0n) is 8.62. The summed E-state index contributed by atoms with van der Waals surface area (Å²) in [5.74, 6) is 0.691. The maximum Gasteiger partial charge on any atom is 0.122 e. The van der Waals surface area contributed by atoms with Crippen molar-refractivity contribution in [1.29, 1.82) is 0 Å². The van der Waals surface area contributed by atoms with Crippen LogP contribution in [0.15, 0.2) is 0 Å². The molecule has 0 spiro atoms. The van der Waals surface area contributed by atoms with Crippen molar-refractivity contribution in [2.24, 2.45) is 5.92 Å². The molecule has 0 heterocycles. The third-order valence-corrected chi connectivity index (χ3v) is 1.59. The van der Waals surface area contributed by atoms with Crippen molar-refractivity contribution in [3.63, 3.8) is 0 Å². The Morgan fingerprint density at radius 3 is 2.23 bits per heavy atom. The quantitative estimate of drug-likeness (QED) is 0.408. The molecule has 0 unspecified atom stereocenters. The third kappa shape index (κ3) is 11.6. The van der Waals surface area contributed by atoms with Crippen LogP contribution in [0.25, 0.3) is 0 Å². The standard InChI is InChI=1S/C10H20O3/c1-10(2)4-7-13-9-8-12-6-3-5-11/h5,10H,3-4,6-9H2,1-2H3. The SMILES string of the molecule is CC(C)CCOCCOCCC=O. The fourth-order valence-electron chi connectivity index (χ4n) is 0.772. The van der Waals surface area contributed by atoms with E-state index in [-0.39, 0.29) is 0 Å². The number of rotatable bonds is 9. The van der Waals surface area contributed by atoms with Gasteiger partial charge in [0, 0.05) is 13.0 Å². The van der Waals surface area contributed by atoms with Gasteiger partial charge in [-0.1, -0.05) is 13.8 Å². The molecule has 0 fully saturated rings. The van der Waals surface area contributed by atoms with Crippen molar-refractivity contribution in [3.8, 4) is 0 Å². The van der Waals surface area contributed by atoms with E-state index in [9.17, 15) is 4.79 Å². The van der Waals surface area contributed by atoms with Crippen LogP contribution in [0.4, 0.5) is 0 Å². The minimum Gasteiger partial charge on any atom is -0.379 e. The van der Waals surface area contributed by atoms with Gasteiger partial charge in [-0.3, -0.25) is 0 Å². The first kappa shape index (κ1) is 12.6. The third-order valence-electron chi connectivity index (χ3n) is 1.59. The highest BCUT2D eigenvalue weighted by molar-refractivity contribution is 5.49. The Morgan fingerprint density at radius 1 is 1.08 bits per heavy atom. The summed E-state index contributed by atoms with van der Waals surface area (Å²) in [5.41, 5.74) is 0. The van der Waals surface area contributed by atoms with Gasteiger partial charge >= 0.3 is 0 Å². The summed E-state index contributed by atoms with van der Waals surface area (Å²) in [7, 11) is 0. The molecule has 0 N–H and O–H groups in total. The van der Waals surface area contributed by atoms with Crippen molar-refractivity contribution >= 4 is 6.29 Å². The largest absolute Gasteiger partial charge is 0.379 e. The van der Waals surface area contributed by atoms with Crippen LogP contribution in [0.2, 0.25) is 0 Å². The van der Waals surface area contributed by atoms with Crippen LogP contribution in [-0.2, 0) is 14.3 Å². The minimum atomic E-state index is 0.478. The predicted octanol–water partition coefficient (Wildman–Crippen LogP) is 1.65. The molecule has 0 bridgehead atoms. The average Bonchev–Trinajstić information content (AvgIpc) is 2.09. The predicted molar refractivity (Wildman–Crippen MR) is 51.8 cm³/mol. The second-order valence-electron chi connectivity index (χ2n) is 3.36. The summed E-state index contributed by atoms with van der Waals surface area (Å²) in [6.07, 6.45) is 2.43. The Kier molecular flexibility index (Phi) is 9.37. The molecule has 0 aromatic heterocycles. The normalized spacial score (nSPS) is 10.7. The van der Waals surface area contributed by atoms with Gasteiger partial charge in [-0.2, -0.15) is 0 Å². The smallest absolute Gasteiger partial charge is 0.122 e. The first-order valence-electron chi connectivity index (χ1n) is 4.86. The van der Waals surface area contributed by atoms with E-state index in [1.807, 2.05) is 0 Å². The maximum atomic E-state index is 9.90. The van der Waals surface area contributed by atoms with Gasteiger partial charge in [0.25, 0.3) is 0 Å². The molecule has 0 saturated heterocycles. The number of carbonyl (C=O) groups is 1. The number of ether oxygens (including phenoxy) is 2. The lowest BCUT2D eigenvalue weighted by molar-refractivity contribution is -0.108. The van der Waals surface area contributed by atoms with Gasteiger partial charge < -0.3 is 14.3 Å². The Balaban J connectivity index is 2.87. The molecule has 0 radical (unpaired) electrons. The summed E-state index contributed by atoms with van der Waals surface area (Å²) in [5, 5.41) is 0. The average molecular weight is 188 g/mol. The number of carbonyl (C=O) groups excluding carboxylic acids is 1. The summed E-state index contributed by atoms with van der Waals surface area (Å²) in [4.78, 5) is 9.90. The van der Waals surface area contributed by atoms with Crippen LogP contribution in [-0.4, -0.2) is 32.7 Å². The van der Waals surface area contributed by atoms with Gasteiger partial charge in [-0.05, 0) is 12.3 Å². The van der Waals surface area contributed by atoms with Gasteiger partial charge in [0.05, 0.1) is 19.8 Å². The Labute approximate surface area is 80.4 Å². The van der Waals surface area contributed by atoms with E-state index in [0.29, 0.717) is 32.2 Å². The van der Waals surface area contributed by atoms with Crippen LogP contribution in [0.5, 0.6) is 0 Å². The lowest BCUT2D eigenvalue weighted by atomic mass is 10.1. The molecule has 0 amide bonds. The lowest BCUT2D eigenvalue weighted by Crippen LogP contribution is -2.07. The van der Waals surface area contributed by atoms with Gasteiger partial charge in [-0.25, -0.2) is 0 Å². The van der Waals surface area contributed by atoms with E-state index in [1.165, 1.54) is 0 Å². The Morgan fingerprint density at radius 2 is 1.69 bits per heavy atom. The highest BCUT2D eigenvalue weighted by Gasteiger charge is 1.93. The van der Waals surface area contributed by atoms with Crippen molar-refractivity contribution in [2.45, 2.75) is 26.7 Å². The molecule has 0 atom stereocenters. The fraction of sp³-hybridized carbons (Fsp3) is 0.900. The molecule has 0 aromatic rings. The van der Waals surface area contributed by atoms with E-state index in [4.69, 9.17) is 9.47 Å². The fourth-order valence-corrected chi connectivity index (χ4v) is 0.772. The van der Waals surface area contributed by atoms with Crippen molar-refractivity contribution in [2.75, 3.05) is 26.4 Å².